The zero-order valence-corrected chi connectivity index (χ0v) is 21.4. The number of likely N-dealkylation sites (tertiary alicyclic amines) is 1. The van der Waals surface area contributed by atoms with E-state index in [0.717, 1.165) is 59.5 Å². The summed E-state index contributed by atoms with van der Waals surface area (Å²) >= 11 is 0. The van der Waals surface area contributed by atoms with Gasteiger partial charge in [-0.15, -0.1) is 0 Å². The number of aryl methyl sites for hydroxylation is 2. The van der Waals surface area contributed by atoms with Gasteiger partial charge in [0.25, 0.3) is 0 Å². The number of nitrogens with one attached hydrogen (secondary N) is 1. The van der Waals surface area contributed by atoms with Crippen LogP contribution in [0.4, 0.5) is 10.2 Å². The first-order valence-corrected chi connectivity index (χ1v) is 13.0. The summed E-state index contributed by atoms with van der Waals surface area (Å²) in [5, 5.41) is 12.6. The minimum Gasteiger partial charge on any atom is -0.481 e. The molecular formula is C28H31FN6O2. The highest BCUT2D eigenvalue weighted by Gasteiger charge is 2.43. The Morgan fingerprint density at radius 1 is 1.24 bits per heavy atom. The van der Waals surface area contributed by atoms with Crippen molar-refractivity contribution in [2.24, 2.45) is 0 Å². The van der Waals surface area contributed by atoms with E-state index in [2.05, 4.69) is 38.7 Å². The molecule has 0 radical (unpaired) electrons. The van der Waals surface area contributed by atoms with Gasteiger partial charge in [-0.2, -0.15) is 10.2 Å². The number of nitrogens with zero attached hydrogens (tertiary/aromatic N) is 5. The van der Waals surface area contributed by atoms with Gasteiger partial charge in [-0.25, -0.2) is 14.4 Å². The molecule has 1 aliphatic carbocycles. The molecular weight excluding hydrogens is 471 g/mol. The van der Waals surface area contributed by atoms with Gasteiger partial charge in [-0.1, -0.05) is 0 Å². The molecule has 0 unspecified atom stereocenters. The fourth-order valence-electron chi connectivity index (χ4n) is 5.63. The monoisotopic (exact) mass is 502 g/mol. The van der Waals surface area contributed by atoms with Crippen molar-refractivity contribution in [1.82, 2.24) is 25.1 Å². The minimum atomic E-state index is -0.627. The number of amides is 1. The van der Waals surface area contributed by atoms with E-state index in [0.29, 0.717) is 30.5 Å². The van der Waals surface area contributed by atoms with Crippen LogP contribution in [0.2, 0.25) is 0 Å². The number of hydrogen-bond donors (Lipinski definition) is 1. The van der Waals surface area contributed by atoms with Crippen LogP contribution in [0.1, 0.15) is 67.0 Å². The number of anilines is 1. The van der Waals surface area contributed by atoms with Crippen molar-refractivity contribution in [2.75, 3.05) is 25.5 Å². The second kappa shape index (κ2) is 9.04. The maximum absolute atomic E-state index is 14.5. The van der Waals surface area contributed by atoms with E-state index in [9.17, 15) is 9.18 Å². The van der Waals surface area contributed by atoms with Crippen molar-refractivity contribution in [2.45, 2.75) is 63.3 Å². The third-order valence-corrected chi connectivity index (χ3v) is 8.08. The van der Waals surface area contributed by atoms with E-state index in [-0.39, 0.29) is 11.4 Å². The average molecular weight is 503 g/mol. The Kier molecular flexibility index (Phi) is 5.81. The van der Waals surface area contributed by atoms with Crippen LogP contribution in [0.5, 0.6) is 5.88 Å². The van der Waals surface area contributed by atoms with Crippen molar-refractivity contribution < 1.29 is 13.9 Å². The first-order valence-electron chi connectivity index (χ1n) is 13.0. The molecule has 9 heteroatoms. The van der Waals surface area contributed by atoms with E-state index in [1.165, 1.54) is 26.0 Å². The molecule has 1 spiro atoms. The van der Waals surface area contributed by atoms with Crippen LogP contribution in [-0.4, -0.2) is 56.7 Å². The van der Waals surface area contributed by atoms with Gasteiger partial charge < -0.3 is 15.0 Å². The molecule has 8 nitrogen and oxygen atoms in total. The van der Waals surface area contributed by atoms with Gasteiger partial charge in [0.1, 0.15) is 11.6 Å². The Bertz CT molecular complexity index is 1360. The topological polar surface area (TPSA) is 93.1 Å². The summed E-state index contributed by atoms with van der Waals surface area (Å²) in [5.74, 6) is 0.537. The summed E-state index contributed by atoms with van der Waals surface area (Å²) in [6.45, 7) is 4.92. The van der Waals surface area contributed by atoms with E-state index in [1.807, 2.05) is 11.8 Å². The molecule has 2 aliphatic heterocycles. The van der Waals surface area contributed by atoms with Gasteiger partial charge in [0.2, 0.25) is 11.8 Å². The predicted octanol–water partition coefficient (Wildman–Crippen LogP) is 4.40. The molecule has 192 valence electrons. The number of fused-ring (bicyclic) bond motifs is 1. The lowest BCUT2D eigenvalue weighted by molar-refractivity contribution is -0.131. The van der Waals surface area contributed by atoms with Gasteiger partial charge in [0.15, 0.2) is 0 Å². The molecule has 3 aromatic rings. The normalized spacial score (nSPS) is 21.5. The number of carbonyl (C=O) groups is 1. The SMILES string of the molecule is COc1cc([C@@H](C)C(=O)N2CC[C@@]3(CCc4cc(-c5ccc(C6CC6)nn5)c(C)nc4N3)C2)c(F)cn1. The molecule has 3 aliphatic rings. The molecule has 2 atom stereocenters. The maximum Gasteiger partial charge on any atom is 0.230 e. The molecule has 1 amide bonds. The lowest BCUT2D eigenvalue weighted by atomic mass is 9.86. The van der Waals surface area contributed by atoms with E-state index in [4.69, 9.17) is 9.72 Å². The second-order valence-corrected chi connectivity index (χ2v) is 10.6. The largest absolute Gasteiger partial charge is 0.481 e. The van der Waals surface area contributed by atoms with Crippen LogP contribution < -0.4 is 10.1 Å². The van der Waals surface area contributed by atoms with Crippen molar-refractivity contribution in [3.05, 3.63) is 58.8 Å². The summed E-state index contributed by atoms with van der Waals surface area (Å²) in [6, 6.07) is 7.83. The van der Waals surface area contributed by atoms with Gasteiger partial charge in [-0.05, 0) is 69.7 Å². The number of ether oxygens (including phenoxy) is 1. The summed E-state index contributed by atoms with van der Waals surface area (Å²) < 4.78 is 19.6. The zero-order valence-electron chi connectivity index (χ0n) is 21.4. The number of aromatic nitrogens is 4. The number of carbonyl (C=O) groups excluding carboxylic acids is 1. The average Bonchev–Trinajstić information content (AvgIpc) is 3.69. The first kappa shape index (κ1) is 23.8. The predicted molar refractivity (Wildman–Crippen MR) is 137 cm³/mol. The first-order chi connectivity index (χ1) is 17.9. The fraction of sp³-hybridized carbons (Fsp3) is 0.464. The van der Waals surface area contributed by atoms with Gasteiger partial charge in [0.05, 0.1) is 36.2 Å². The van der Waals surface area contributed by atoms with Gasteiger partial charge >= 0.3 is 0 Å². The Morgan fingerprint density at radius 3 is 2.81 bits per heavy atom. The summed E-state index contributed by atoms with van der Waals surface area (Å²) in [7, 11) is 1.48. The van der Waals surface area contributed by atoms with Crippen LogP contribution in [0, 0.1) is 12.7 Å². The Hall–Kier alpha value is -3.62. The quantitative estimate of drug-likeness (QED) is 0.553. The highest BCUT2D eigenvalue weighted by Crippen LogP contribution is 2.40. The van der Waals surface area contributed by atoms with Crippen LogP contribution >= 0.6 is 0 Å². The molecule has 1 saturated carbocycles. The Balaban J connectivity index is 1.18. The molecule has 1 saturated heterocycles. The summed E-state index contributed by atoms with van der Waals surface area (Å²) in [5.41, 5.74) is 5.07. The molecule has 5 heterocycles. The molecule has 37 heavy (non-hydrogen) atoms. The van der Waals surface area contributed by atoms with Crippen molar-refractivity contribution >= 4 is 11.7 Å². The van der Waals surface area contributed by atoms with Gasteiger partial charge in [-0.3, -0.25) is 4.79 Å². The van der Waals surface area contributed by atoms with Crippen LogP contribution in [0.15, 0.2) is 30.5 Å². The molecule has 0 bridgehead atoms. The molecule has 3 aromatic heterocycles. The zero-order chi connectivity index (χ0) is 25.7. The third kappa shape index (κ3) is 4.40. The lowest BCUT2D eigenvalue weighted by Gasteiger charge is -2.36. The summed E-state index contributed by atoms with van der Waals surface area (Å²) in [4.78, 5) is 24.0. The molecule has 6 rings (SSSR count). The van der Waals surface area contributed by atoms with Crippen molar-refractivity contribution in [3.8, 4) is 17.1 Å². The van der Waals surface area contributed by atoms with E-state index in [1.54, 1.807) is 6.92 Å². The minimum absolute atomic E-state index is 0.0932. The smallest absolute Gasteiger partial charge is 0.230 e. The van der Waals surface area contributed by atoms with Crippen molar-refractivity contribution in [3.63, 3.8) is 0 Å². The second-order valence-electron chi connectivity index (χ2n) is 10.6. The van der Waals surface area contributed by atoms with Crippen LogP contribution in [0.25, 0.3) is 11.3 Å². The van der Waals surface area contributed by atoms with Crippen LogP contribution in [0.3, 0.4) is 0 Å². The number of halogens is 1. The number of pyridine rings is 2. The third-order valence-electron chi connectivity index (χ3n) is 8.08. The number of methoxy groups -OCH3 is 1. The highest BCUT2D eigenvalue weighted by molar-refractivity contribution is 5.84. The maximum atomic E-state index is 14.5. The molecule has 2 fully saturated rings. The van der Waals surface area contributed by atoms with Gasteiger partial charge in [0, 0.05) is 41.9 Å². The highest BCUT2D eigenvalue weighted by atomic mass is 19.1. The fourth-order valence-corrected chi connectivity index (χ4v) is 5.63. The van der Waals surface area contributed by atoms with Crippen molar-refractivity contribution in [1.29, 1.82) is 0 Å². The Morgan fingerprint density at radius 2 is 2.08 bits per heavy atom. The standard InChI is InChI=1S/C28H31FN6O2/c1-16(20-13-25(37-3)30-14-22(20)29)27(36)35-11-10-28(15-35)9-8-19-12-21(17(2)31-26(19)32-28)24-7-6-23(33-34-24)18-4-5-18/h6-7,12-14,16,18H,4-5,8-11,15H2,1-3H3,(H,31,32)/t16-,28+/m1/s1. The van der Waals surface area contributed by atoms with Crippen LogP contribution in [-0.2, 0) is 11.2 Å². The number of rotatable bonds is 5. The molecule has 0 aromatic carbocycles. The summed E-state index contributed by atoms with van der Waals surface area (Å²) in [6.07, 6.45) is 6.11. The van der Waals surface area contributed by atoms with E-state index >= 15 is 0 Å². The lowest BCUT2D eigenvalue weighted by Crippen LogP contribution is -2.46. The Labute approximate surface area is 215 Å². The van der Waals surface area contributed by atoms with E-state index < -0.39 is 11.7 Å². The molecule has 1 N–H and O–H groups in total. The number of hydrogen-bond acceptors (Lipinski definition) is 7.